The zero-order valence-electron chi connectivity index (χ0n) is 12.7. The monoisotopic (exact) mass is 325 g/mol. The Morgan fingerprint density at radius 2 is 1.58 bits per heavy atom. The number of imide groups is 1. The van der Waals surface area contributed by atoms with Crippen molar-refractivity contribution in [2.24, 2.45) is 28.8 Å². The number of non-ortho nitro benzene ring substituents is 1. The maximum absolute atomic E-state index is 12.6. The molecular formula is C17H15N3O4. The molecule has 0 unspecified atom stereocenters. The van der Waals surface area contributed by atoms with E-state index in [4.69, 9.17) is 0 Å². The van der Waals surface area contributed by atoms with Crippen LogP contribution in [0, 0.1) is 33.8 Å². The lowest BCUT2D eigenvalue weighted by molar-refractivity contribution is -0.384. The Hall–Kier alpha value is -2.83. The Bertz CT molecular complexity index is 752. The number of hydrogen-bond acceptors (Lipinski definition) is 5. The maximum Gasteiger partial charge on any atom is 0.269 e. The lowest BCUT2D eigenvalue weighted by Crippen LogP contribution is -2.38. The standard InChI is InChI=1S/C17H15N3O4/c21-16-14-11-3-4-12(6-5-11)15(14)17(22)19(16)18-9-10-1-7-13(8-2-10)20(23)24/h1-4,7-9,11-12,14-15H,5-6H2/b18-9-/t11-,12+,14-,15+. The number of allylic oxidation sites excluding steroid dienone is 2. The summed E-state index contributed by atoms with van der Waals surface area (Å²) in [5.74, 6) is -0.762. The smallest absolute Gasteiger partial charge is 0.269 e. The summed E-state index contributed by atoms with van der Waals surface area (Å²) in [7, 11) is 0. The Morgan fingerprint density at radius 1 is 1.04 bits per heavy atom. The van der Waals surface area contributed by atoms with Crippen LogP contribution in [-0.2, 0) is 9.59 Å². The number of rotatable bonds is 3. The van der Waals surface area contributed by atoms with Crippen LogP contribution in [0.15, 0.2) is 41.5 Å². The van der Waals surface area contributed by atoms with Crippen LogP contribution in [0.5, 0.6) is 0 Å². The minimum Gasteiger partial charge on any atom is -0.272 e. The van der Waals surface area contributed by atoms with Crippen molar-refractivity contribution < 1.29 is 14.5 Å². The van der Waals surface area contributed by atoms with Crippen molar-refractivity contribution in [2.45, 2.75) is 12.8 Å². The number of nitro groups is 1. The molecule has 1 heterocycles. The zero-order chi connectivity index (χ0) is 16.8. The number of carbonyl (C=O) groups is 2. The number of nitro benzene ring substituents is 1. The third-order valence-corrected chi connectivity index (χ3v) is 5.16. The number of hydrazone groups is 1. The molecule has 5 rings (SSSR count). The molecule has 24 heavy (non-hydrogen) atoms. The van der Waals surface area contributed by atoms with Crippen molar-refractivity contribution in [1.82, 2.24) is 5.01 Å². The Kier molecular flexibility index (Phi) is 3.30. The second kappa shape index (κ2) is 5.36. The topological polar surface area (TPSA) is 92.9 Å². The Labute approximate surface area is 137 Å². The maximum atomic E-state index is 12.6. The predicted molar refractivity (Wildman–Crippen MR) is 84.9 cm³/mol. The van der Waals surface area contributed by atoms with Gasteiger partial charge in [0.1, 0.15) is 0 Å². The second-order valence-corrected chi connectivity index (χ2v) is 6.42. The van der Waals surface area contributed by atoms with Crippen molar-refractivity contribution in [2.75, 3.05) is 0 Å². The molecule has 3 aliphatic carbocycles. The van der Waals surface area contributed by atoms with Gasteiger partial charge in [0.2, 0.25) is 0 Å². The molecule has 2 fully saturated rings. The van der Waals surface area contributed by atoms with E-state index in [1.807, 2.05) is 0 Å². The van der Waals surface area contributed by atoms with E-state index in [9.17, 15) is 19.7 Å². The summed E-state index contributed by atoms with van der Waals surface area (Å²) in [6, 6.07) is 5.79. The van der Waals surface area contributed by atoms with Crippen LogP contribution in [0.2, 0.25) is 0 Å². The van der Waals surface area contributed by atoms with Crippen molar-refractivity contribution in [1.29, 1.82) is 0 Å². The van der Waals surface area contributed by atoms with Crippen molar-refractivity contribution >= 4 is 23.7 Å². The van der Waals surface area contributed by atoms with E-state index in [1.54, 1.807) is 0 Å². The van der Waals surface area contributed by atoms with Crippen LogP contribution in [0.3, 0.4) is 0 Å². The van der Waals surface area contributed by atoms with Crippen molar-refractivity contribution in [3.8, 4) is 0 Å². The minimum atomic E-state index is -0.484. The minimum absolute atomic E-state index is 0.0193. The molecule has 0 radical (unpaired) electrons. The fraction of sp³-hybridized carbons (Fsp3) is 0.353. The molecule has 2 amide bonds. The normalized spacial score (nSPS) is 31.1. The number of nitrogens with zero attached hydrogens (tertiary/aromatic N) is 3. The molecule has 1 saturated heterocycles. The van der Waals surface area contributed by atoms with Gasteiger partial charge in [0.05, 0.1) is 23.0 Å². The van der Waals surface area contributed by atoms with Crippen molar-refractivity contribution in [3.05, 3.63) is 52.1 Å². The van der Waals surface area contributed by atoms with Crippen LogP contribution in [0.25, 0.3) is 0 Å². The first-order valence-corrected chi connectivity index (χ1v) is 7.91. The van der Waals surface area contributed by atoms with E-state index in [2.05, 4.69) is 17.3 Å². The van der Waals surface area contributed by atoms with E-state index >= 15 is 0 Å². The van der Waals surface area contributed by atoms with E-state index in [0.717, 1.165) is 17.9 Å². The Morgan fingerprint density at radius 3 is 2.04 bits per heavy atom. The SMILES string of the molecule is O=C1[C@@H]2[C@H](C(=O)N1/N=C\c1ccc([N+](=O)[O-])cc1)[C@@H]1C=C[C@H]2CC1. The molecular weight excluding hydrogens is 310 g/mol. The van der Waals surface area contributed by atoms with Gasteiger partial charge >= 0.3 is 0 Å². The lowest BCUT2D eigenvalue weighted by Gasteiger charge is -2.37. The first-order valence-electron chi connectivity index (χ1n) is 7.91. The molecule has 122 valence electrons. The highest BCUT2D eigenvalue weighted by Gasteiger charge is 2.56. The highest BCUT2D eigenvalue weighted by Crippen LogP contribution is 2.49. The predicted octanol–water partition coefficient (Wildman–Crippen LogP) is 2.13. The molecule has 4 aliphatic rings. The van der Waals surface area contributed by atoms with Gasteiger partial charge in [0.25, 0.3) is 17.5 Å². The van der Waals surface area contributed by atoms with Gasteiger partial charge in [-0.05, 0) is 42.4 Å². The first kappa shape index (κ1) is 14.7. The number of carbonyl (C=O) groups excluding carboxylic acids is 2. The number of amides is 2. The van der Waals surface area contributed by atoms with Gasteiger partial charge in [-0.2, -0.15) is 10.1 Å². The van der Waals surface area contributed by atoms with E-state index in [1.165, 1.54) is 30.5 Å². The van der Waals surface area contributed by atoms with Gasteiger partial charge in [-0.3, -0.25) is 19.7 Å². The van der Waals surface area contributed by atoms with E-state index in [-0.39, 0.29) is 41.2 Å². The molecule has 1 aromatic rings. The summed E-state index contributed by atoms with van der Waals surface area (Å²) in [5.41, 5.74) is 0.575. The van der Waals surface area contributed by atoms with E-state index in [0.29, 0.717) is 5.56 Å². The molecule has 0 aromatic heterocycles. The summed E-state index contributed by atoms with van der Waals surface area (Å²) < 4.78 is 0. The average molecular weight is 325 g/mol. The summed E-state index contributed by atoms with van der Waals surface area (Å²) in [6.07, 6.45) is 7.41. The van der Waals surface area contributed by atoms with Gasteiger partial charge in [-0.1, -0.05) is 12.2 Å². The van der Waals surface area contributed by atoms with Crippen LogP contribution in [0.4, 0.5) is 5.69 Å². The van der Waals surface area contributed by atoms with Crippen LogP contribution < -0.4 is 0 Å². The molecule has 0 N–H and O–H groups in total. The van der Waals surface area contributed by atoms with E-state index < -0.39 is 4.92 Å². The molecule has 4 atom stereocenters. The highest BCUT2D eigenvalue weighted by molar-refractivity contribution is 6.06. The van der Waals surface area contributed by atoms with Gasteiger partial charge in [0, 0.05) is 12.1 Å². The molecule has 7 heteroatoms. The summed E-state index contributed by atoms with van der Waals surface area (Å²) in [4.78, 5) is 35.3. The zero-order valence-corrected chi connectivity index (χ0v) is 12.7. The van der Waals surface area contributed by atoms with Crippen molar-refractivity contribution in [3.63, 3.8) is 0 Å². The Balaban J connectivity index is 1.56. The van der Waals surface area contributed by atoms with Gasteiger partial charge < -0.3 is 0 Å². The first-order chi connectivity index (χ1) is 11.6. The fourth-order valence-electron chi connectivity index (χ4n) is 3.98. The molecule has 1 aliphatic heterocycles. The van der Waals surface area contributed by atoms with Gasteiger partial charge in [-0.15, -0.1) is 0 Å². The molecule has 1 aromatic carbocycles. The van der Waals surface area contributed by atoms with Crippen LogP contribution in [-0.4, -0.2) is 28.0 Å². The lowest BCUT2D eigenvalue weighted by atomic mass is 9.63. The summed E-state index contributed by atoms with van der Waals surface area (Å²) in [5, 5.41) is 15.7. The van der Waals surface area contributed by atoms with Gasteiger partial charge in [-0.25, -0.2) is 0 Å². The third-order valence-electron chi connectivity index (χ3n) is 5.16. The quantitative estimate of drug-likeness (QED) is 0.280. The van der Waals surface area contributed by atoms with Crippen LogP contribution >= 0.6 is 0 Å². The average Bonchev–Trinajstić information content (AvgIpc) is 2.87. The van der Waals surface area contributed by atoms with Crippen LogP contribution in [0.1, 0.15) is 18.4 Å². The number of benzene rings is 1. The summed E-state index contributed by atoms with van der Waals surface area (Å²) >= 11 is 0. The molecule has 2 bridgehead atoms. The summed E-state index contributed by atoms with van der Waals surface area (Å²) in [6.45, 7) is 0. The highest BCUT2D eigenvalue weighted by atomic mass is 16.6. The number of hydrogen-bond donors (Lipinski definition) is 0. The third kappa shape index (κ3) is 2.16. The largest absolute Gasteiger partial charge is 0.272 e. The molecule has 7 nitrogen and oxygen atoms in total. The molecule has 0 spiro atoms. The molecule has 1 saturated carbocycles. The second-order valence-electron chi connectivity index (χ2n) is 6.42. The van der Waals surface area contributed by atoms with Gasteiger partial charge in [0.15, 0.2) is 0 Å². The number of fused-ring (bicyclic) bond motifs is 1. The fourth-order valence-corrected chi connectivity index (χ4v) is 3.98.